The zero-order valence-corrected chi connectivity index (χ0v) is 18.3. The van der Waals surface area contributed by atoms with Crippen LogP contribution in [0.4, 0.5) is 21.7 Å². The van der Waals surface area contributed by atoms with E-state index in [-0.39, 0.29) is 28.3 Å². The number of nitrogens with zero attached hydrogens (tertiary/aromatic N) is 6. The van der Waals surface area contributed by atoms with Gasteiger partial charge >= 0.3 is 0 Å². The molecule has 1 saturated carbocycles. The molecule has 1 fully saturated rings. The molecule has 5 rings (SSSR count). The number of carbonyl (C=O) groups is 1. The fourth-order valence-corrected chi connectivity index (χ4v) is 3.61. The SMILES string of the molecule is CNc1cc(Nc2cc(Cl)cn(-c3ccn(C)n3)c2=O)nc2c(C(=O)N[C@H]3C[C@H]3F)cnn12. The average Bonchev–Trinajstić information content (AvgIpc) is 3.15. The van der Waals surface area contributed by atoms with Gasteiger partial charge in [0, 0.05) is 45.0 Å². The van der Waals surface area contributed by atoms with E-state index in [4.69, 9.17) is 11.6 Å². The Bertz CT molecular complexity index is 1440. The minimum absolute atomic E-state index is 0.163. The summed E-state index contributed by atoms with van der Waals surface area (Å²) in [6.07, 6.45) is 3.82. The van der Waals surface area contributed by atoms with E-state index < -0.39 is 18.1 Å². The molecule has 1 aliphatic carbocycles. The van der Waals surface area contributed by atoms with Gasteiger partial charge in [-0.3, -0.25) is 18.8 Å². The zero-order chi connectivity index (χ0) is 23.3. The predicted octanol–water partition coefficient (Wildman–Crippen LogP) is 1.89. The Kier molecular flexibility index (Phi) is 5.01. The second kappa shape index (κ2) is 7.89. The first-order chi connectivity index (χ1) is 15.8. The standard InChI is InChI=1S/C20H19ClFN9O2/c1-23-17-7-15(27-18-11(8-24-31(17)18)19(32)26-13-6-12(13)22)25-14-5-10(21)9-30(20(14)33)16-3-4-29(2)28-16/h3-5,7-9,12-13,23H,6H2,1-2H3,(H,25,27)(H,26,32)/t12-,13+/m1/s1. The van der Waals surface area contributed by atoms with Gasteiger partial charge < -0.3 is 16.0 Å². The van der Waals surface area contributed by atoms with Crippen LogP contribution in [0.5, 0.6) is 0 Å². The van der Waals surface area contributed by atoms with Crippen molar-refractivity contribution < 1.29 is 9.18 Å². The predicted molar refractivity (Wildman–Crippen MR) is 120 cm³/mol. The minimum atomic E-state index is -1.03. The van der Waals surface area contributed by atoms with E-state index in [0.717, 1.165) is 0 Å². The third-order valence-corrected chi connectivity index (χ3v) is 5.40. The van der Waals surface area contributed by atoms with Gasteiger partial charge in [-0.15, -0.1) is 0 Å². The Hall–Kier alpha value is -3.93. The molecule has 170 valence electrons. The van der Waals surface area contributed by atoms with Crippen molar-refractivity contribution in [1.82, 2.24) is 34.3 Å². The van der Waals surface area contributed by atoms with Crippen molar-refractivity contribution in [1.29, 1.82) is 0 Å². The lowest BCUT2D eigenvalue weighted by Gasteiger charge is -2.11. The van der Waals surface area contributed by atoms with Crippen molar-refractivity contribution >= 4 is 40.5 Å². The normalized spacial score (nSPS) is 17.2. The molecule has 0 saturated heterocycles. The molecule has 13 heteroatoms. The number of fused-ring (bicyclic) bond motifs is 1. The van der Waals surface area contributed by atoms with Gasteiger partial charge in [-0.1, -0.05) is 11.6 Å². The maximum absolute atomic E-state index is 13.2. The number of hydrogen-bond acceptors (Lipinski definition) is 7. The second-order valence-electron chi connectivity index (χ2n) is 7.62. The van der Waals surface area contributed by atoms with Crippen LogP contribution in [-0.4, -0.2) is 54.1 Å². The topological polar surface area (TPSA) is 123 Å². The van der Waals surface area contributed by atoms with Gasteiger partial charge in [-0.25, -0.2) is 9.37 Å². The molecule has 11 nitrogen and oxygen atoms in total. The van der Waals surface area contributed by atoms with E-state index in [0.29, 0.717) is 23.1 Å². The molecule has 2 atom stereocenters. The van der Waals surface area contributed by atoms with Gasteiger partial charge in [-0.2, -0.15) is 14.7 Å². The van der Waals surface area contributed by atoms with Crippen LogP contribution < -0.4 is 21.5 Å². The van der Waals surface area contributed by atoms with Gasteiger partial charge in [-0.05, 0) is 6.07 Å². The summed E-state index contributed by atoms with van der Waals surface area (Å²) in [5.41, 5.74) is 0.201. The molecule has 0 aliphatic heterocycles. The van der Waals surface area contributed by atoms with Crippen LogP contribution in [0.3, 0.4) is 0 Å². The molecule has 3 N–H and O–H groups in total. The average molecular weight is 472 g/mol. The monoisotopic (exact) mass is 471 g/mol. The van der Waals surface area contributed by atoms with Gasteiger partial charge in [0.05, 0.1) is 17.3 Å². The molecule has 4 aromatic heterocycles. The smallest absolute Gasteiger partial charge is 0.280 e. The summed E-state index contributed by atoms with van der Waals surface area (Å²) in [5, 5.41) is 17.3. The molecule has 4 heterocycles. The van der Waals surface area contributed by atoms with Crippen molar-refractivity contribution in [3.8, 4) is 5.82 Å². The van der Waals surface area contributed by atoms with Gasteiger partial charge in [0.2, 0.25) is 0 Å². The first-order valence-electron chi connectivity index (χ1n) is 10.0. The Balaban J connectivity index is 1.54. The lowest BCUT2D eigenvalue weighted by molar-refractivity contribution is 0.0949. The van der Waals surface area contributed by atoms with E-state index in [2.05, 4.69) is 31.1 Å². The molecule has 33 heavy (non-hydrogen) atoms. The van der Waals surface area contributed by atoms with Crippen LogP contribution in [0.15, 0.2) is 41.6 Å². The third kappa shape index (κ3) is 3.89. The summed E-state index contributed by atoms with van der Waals surface area (Å²) < 4.78 is 17.6. The van der Waals surface area contributed by atoms with Crippen molar-refractivity contribution in [2.45, 2.75) is 18.6 Å². The highest BCUT2D eigenvalue weighted by molar-refractivity contribution is 6.30. The van der Waals surface area contributed by atoms with Crippen LogP contribution >= 0.6 is 11.6 Å². The van der Waals surface area contributed by atoms with Crippen LogP contribution in [-0.2, 0) is 7.05 Å². The molecule has 1 aliphatic rings. The second-order valence-corrected chi connectivity index (χ2v) is 8.06. The van der Waals surface area contributed by atoms with Gasteiger partial charge in [0.25, 0.3) is 11.5 Å². The maximum Gasteiger partial charge on any atom is 0.280 e. The number of anilines is 3. The summed E-state index contributed by atoms with van der Waals surface area (Å²) >= 11 is 6.25. The number of carbonyl (C=O) groups excluding carboxylic acids is 1. The number of pyridine rings is 1. The molecule has 0 spiro atoms. The Morgan fingerprint density at radius 1 is 1.33 bits per heavy atom. The van der Waals surface area contributed by atoms with Crippen LogP contribution in [0.25, 0.3) is 11.5 Å². The Morgan fingerprint density at radius 3 is 2.79 bits per heavy atom. The Labute approximate surface area is 191 Å². The maximum atomic E-state index is 13.2. The van der Waals surface area contributed by atoms with Crippen LogP contribution in [0, 0.1) is 0 Å². The van der Waals surface area contributed by atoms with E-state index >= 15 is 0 Å². The highest BCUT2D eigenvalue weighted by atomic mass is 35.5. The summed E-state index contributed by atoms with van der Waals surface area (Å²) in [4.78, 5) is 30.1. The molecular formula is C20H19ClFN9O2. The van der Waals surface area contributed by atoms with E-state index in [1.54, 1.807) is 37.1 Å². The first-order valence-corrected chi connectivity index (χ1v) is 10.4. The number of amides is 1. The molecule has 0 aromatic carbocycles. The van der Waals surface area contributed by atoms with Crippen molar-refractivity contribution in [2.24, 2.45) is 7.05 Å². The molecule has 0 unspecified atom stereocenters. The fourth-order valence-electron chi connectivity index (χ4n) is 3.40. The van der Waals surface area contributed by atoms with Gasteiger partial charge in [0.15, 0.2) is 11.5 Å². The number of halogens is 2. The molecular weight excluding hydrogens is 453 g/mol. The van der Waals surface area contributed by atoms with Gasteiger partial charge in [0.1, 0.15) is 29.1 Å². The number of alkyl halides is 1. The lowest BCUT2D eigenvalue weighted by Crippen LogP contribution is -2.27. The highest BCUT2D eigenvalue weighted by Gasteiger charge is 2.39. The highest BCUT2D eigenvalue weighted by Crippen LogP contribution is 2.26. The number of rotatable bonds is 6. The molecule has 1 amide bonds. The quantitative estimate of drug-likeness (QED) is 0.392. The number of hydrogen-bond donors (Lipinski definition) is 3. The molecule has 0 bridgehead atoms. The molecule has 0 radical (unpaired) electrons. The summed E-state index contributed by atoms with van der Waals surface area (Å²) in [7, 11) is 3.43. The molecule has 4 aromatic rings. The van der Waals surface area contributed by atoms with Crippen LogP contribution in [0.2, 0.25) is 5.02 Å². The minimum Gasteiger partial charge on any atom is -0.373 e. The largest absolute Gasteiger partial charge is 0.373 e. The Morgan fingerprint density at radius 2 is 2.12 bits per heavy atom. The van der Waals surface area contributed by atoms with Crippen molar-refractivity contribution in [2.75, 3.05) is 17.7 Å². The van der Waals surface area contributed by atoms with E-state index in [9.17, 15) is 14.0 Å². The van der Waals surface area contributed by atoms with Crippen molar-refractivity contribution in [3.05, 3.63) is 57.7 Å². The first kappa shape index (κ1) is 20.9. The lowest BCUT2D eigenvalue weighted by atomic mass is 10.3. The van der Waals surface area contributed by atoms with Crippen molar-refractivity contribution in [3.63, 3.8) is 0 Å². The third-order valence-electron chi connectivity index (χ3n) is 5.19. The number of nitrogens with one attached hydrogen (secondary N) is 3. The summed E-state index contributed by atoms with van der Waals surface area (Å²) in [6.45, 7) is 0. The number of aromatic nitrogens is 6. The summed E-state index contributed by atoms with van der Waals surface area (Å²) in [6, 6.07) is 4.30. The van der Waals surface area contributed by atoms with E-state index in [1.165, 1.54) is 27.5 Å². The zero-order valence-electron chi connectivity index (χ0n) is 17.6. The fraction of sp³-hybridized carbons (Fsp3) is 0.250. The van der Waals surface area contributed by atoms with E-state index in [1.807, 2.05) is 0 Å². The number of aryl methyl sites for hydroxylation is 1. The summed E-state index contributed by atoms with van der Waals surface area (Å²) in [5.74, 6) is 0.738. The van der Waals surface area contributed by atoms with Crippen LogP contribution in [0.1, 0.15) is 16.8 Å².